The van der Waals surface area contributed by atoms with Crippen LogP contribution in [0.15, 0.2) is 22.6 Å². The normalized spacial score (nSPS) is 11.3. The second-order valence-corrected chi connectivity index (χ2v) is 4.67. The van der Waals surface area contributed by atoms with E-state index < -0.39 is 0 Å². The lowest BCUT2D eigenvalue weighted by molar-refractivity contribution is 0.501. The molecule has 1 N–H and O–H groups in total. The third kappa shape index (κ3) is 2.78. The van der Waals surface area contributed by atoms with Gasteiger partial charge in [-0.15, -0.1) is 0 Å². The topological polar surface area (TPSA) is 38.1 Å². The molecular weight excluding hydrogens is 212 g/mol. The van der Waals surface area contributed by atoms with E-state index in [2.05, 4.69) is 37.1 Å². The number of benzene rings is 1. The Morgan fingerprint density at radius 2 is 2.18 bits per heavy atom. The minimum atomic E-state index is 0.332. The molecule has 0 amide bonds. The summed E-state index contributed by atoms with van der Waals surface area (Å²) in [7, 11) is 0. The van der Waals surface area contributed by atoms with Crippen LogP contribution in [-0.2, 0) is 0 Å². The van der Waals surface area contributed by atoms with Gasteiger partial charge in [0.2, 0.25) is 0 Å². The Morgan fingerprint density at radius 3 is 2.88 bits per heavy atom. The van der Waals surface area contributed by atoms with Gasteiger partial charge in [-0.3, -0.25) is 0 Å². The molecule has 0 aliphatic carbocycles. The van der Waals surface area contributed by atoms with Crippen molar-refractivity contribution in [3.05, 3.63) is 24.1 Å². The van der Waals surface area contributed by atoms with Crippen LogP contribution in [0.3, 0.4) is 0 Å². The SMILES string of the molecule is CCCCNc1ccc2oc(C(C)C)nc2c1. The van der Waals surface area contributed by atoms with E-state index in [4.69, 9.17) is 4.42 Å². The highest BCUT2D eigenvalue weighted by molar-refractivity contribution is 5.77. The van der Waals surface area contributed by atoms with Crippen LogP contribution in [0.5, 0.6) is 0 Å². The van der Waals surface area contributed by atoms with Gasteiger partial charge < -0.3 is 9.73 Å². The number of fused-ring (bicyclic) bond motifs is 1. The molecule has 0 atom stereocenters. The summed E-state index contributed by atoms with van der Waals surface area (Å²) in [6.07, 6.45) is 2.39. The molecule has 0 saturated carbocycles. The Labute approximate surface area is 102 Å². The molecule has 1 aromatic carbocycles. The number of aromatic nitrogens is 1. The fourth-order valence-electron chi connectivity index (χ4n) is 1.71. The highest BCUT2D eigenvalue weighted by atomic mass is 16.3. The van der Waals surface area contributed by atoms with Crippen LogP contribution in [0.2, 0.25) is 0 Å². The lowest BCUT2D eigenvalue weighted by Crippen LogP contribution is -2.00. The fourth-order valence-corrected chi connectivity index (χ4v) is 1.71. The van der Waals surface area contributed by atoms with E-state index in [0.29, 0.717) is 5.92 Å². The number of anilines is 1. The molecule has 3 nitrogen and oxygen atoms in total. The van der Waals surface area contributed by atoms with Crippen LogP contribution in [0.25, 0.3) is 11.1 Å². The quantitative estimate of drug-likeness (QED) is 0.786. The monoisotopic (exact) mass is 232 g/mol. The molecule has 1 aromatic heterocycles. The Morgan fingerprint density at radius 1 is 1.35 bits per heavy atom. The molecule has 0 unspecified atom stereocenters. The standard InChI is InChI=1S/C14H20N2O/c1-4-5-8-15-11-6-7-13-12(9-11)16-14(17-13)10(2)3/h6-7,9-10,15H,4-5,8H2,1-3H3. The van der Waals surface area contributed by atoms with E-state index in [1.807, 2.05) is 12.1 Å². The van der Waals surface area contributed by atoms with Gasteiger partial charge in [0, 0.05) is 18.2 Å². The predicted molar refractivity (Wildman–Crippen MR) is 71.5 cm³/mol. The second-order valence-electron chi connectivity index (χ2n) is 4.67. The summed E-state index contributed by atoms with van der Waals surface area (Å²) >= 11 is 0. The first kappa shape index (κ1) is 12.0. The highest BCUT2D eigenvalue weighted by Crippen LogP contribution is 2.23. The molecule has 3 heteroatoms. The minimum Gasteiger partial charge on any atom is -0.440 e. The third-order valence-electron chi connectivity index (χ3n) is 2.76. The van der Waals surface area contributed by atoms with E-state index >= 15 is 0 Å². The third-order valence-corrected chi connectivity index (χ3v) is 2.76. The van der Waals surface area contributed by atoms with Gasteiger partial charge in [0.25, 0.3) is 0 Å². The molecule has 0 radical (unpaired) electrons. The largest absolute Gasteiger partial charge is 0.440 e. The van der Waals surface area contributed by atoms with Gasteiger partial charge in [-0.1, -0.05) is 27.2 Å². The van der Waals surface area contributed by atoms with Gasteiger partial charge in [-0.05, 0) is 24.6 Å². The van der Waals surface area contributed by atoms with Gasteiger partial charge in [0.1, 0.15) is 5.52 Å². The summed E-state index contributed by atoms with van der Waals surface area (Å²) < 4.78 is 5.67. The Balaban J connectivity index is 2.18. The van der Waals surface area contributed by atoms with Gasteiger partial charge in [-0.25, -0.2) is 4.98 Å². The molecule has 0 fully saturated rings. The average molecular weight is 232 g/mol. The average Bonchev–Trinajstić information content (AvgIpc) is 2.72. The molecule has 0 aliphatic rings. The second kappa shape index (κ2) is 5.21. The van der Waals surface area contributed by atoms with Gasteiger partial charge >= 0.3 is 0 Å². The van der Waals surface area contributed by atoms with E-state index in [1.54, 1.807) is 0 Å². The van der Waals surface area contributed by atoms with Crippen molar-refractivity contribution in [1.82, 2.24) is 4.98 Å². The molecule has 2 rings (SSSR count). The van der Waals surface area contributed by atoms with Crippen molar-refractivity contribution in [3.8, 4) is 0 Å². The molecule has 0 bridgehead atoms. The summed E-state index contributed by atoms with van der Waals surface area (Å²) in [5.74, 6) is 1.14. The molecule has 0 spiro atoms. The van der Waals surface area contributed by atoms with Crippen LogP contribution < -0.4 is 5.32 Å². The molecule has 92 valence electrons. The molecular formula is C14H20N2O. The van der Waals surface area contributed by atoms with Crippen molar-refractivity contribution < 1.29 is 4.42 Å². The van der Waals surface area contributed by atoms with Crippen molar-refractivity contribution in [2.24, 2.45) is 0 Å². The zero-order chi connectivity index (χ0) is 12.3. The van der Waals surface area contributed by atoms with Crippen LogP contribution in [0, 0.1) is 0 Å². The van der Waals surface area contributed by atoms with Gasteiger partial charge in [0.05, 0.1) is 0 Å². The van der Waals surface area contributed by atoms with Crippen molar-refractivity contribution in [3.63, 3.8) is 0 Å². The van der Waals surface area contributed by atoms with Gasteiger partial charge in [0.15, 0.2) is 11.5 Å². The molecule has 0 aliphatic heterocycles. The summed E-state index contributed by atoms with van der Waals surface area (Å²) in [5, 5.41) is 3.39. The highest BCUT2D eigenvalue weighted by Gasteiger charge is 2.09. The Kier molecular flexibility index (Phi) is 3.67. The maximum atomic E-state index is 5.67. The van der Waals surface area contributed by atoms with Crippen LogP contribution in [0.4, 0.5) is 5.69 Å². The van der Waals surface area contributed by atoms with Crippen LogP contribution in [-0.4, -0.2) is 11.5 Å². The van der Waals surface area contributed by atoms with E-state index in [0.717, 1.165) is 29.2 Å². The number of nitrogens with zero attached hydrogens (tertiary/aromatic N) is 1. The molecule has 0 saturated heterocycles. The van der Waals surface area contributed by atoms with E-state index in [9.17, 15) is 0 Å². The first-order valence-corrected chi connectivity index (χ1v) is 6.35. The minimum absolute atomic E-state index is 0.332. The summed E-state index contributed by atoms with van der Waals surface area (Å²) in [6.45, 7) is 7.38. The lowest BCUT2D eigenvalue weighted by atomic mass is 10.2. The van der Waals surface area contributed by atoms with E-state index in [1.165, 1.54) is 12.8 Å². The number of rotatable bonds is 5. The Hall–Kier alpha value is -1.51. The maximum absolute atomic E-state index is 5.67. The predicted octanol–water partition coefficient (Wildman–Crippen LogP) is 4.16. The van der Waals surface area contributed by atoms with E-state index in [-0.39, 0.29) is 0 Å². The summed E-state index contributed by atoms with van der Waals surface area (Å²) in [4.78, 5) is 4.49. The van der Waals surface area contributed by atoms with Crippen molar-refractivity contribution in [2.45, 2.75) is 39.5 Å². The van der Waals surface area contributed by atoms with Crippen LogP contribution >= 0.6 is 0 Å². The Bertz CT molecular complexity index is 488. The van der Waals surface area contributed by atoms with Crippen molar-refractivity contribution in [2.75, 3.05) is 11.9 Å². The van der Waals surface area contributed by atoms with Crippen molar-refractivity contribution >= 4 is 16.8 Å². The lowest BCUT2D eigenvalue weighted by Gasteiger charge is -2.03. The number of unbranched alkanes of at least 4 members (excludes halogenated alkanes) is 1. The molecule has 17 heavy (non-hydrogen) atoms. The number of hydrogen-bond donors (Lipinski definition) is 1. The van der Waals surface area contributed by atoms with Gasteiger partial charge in [-0.2, -0.15) is 0 Å². The number of nitrogens with one attached hydrogen (secondary N) is 1. The zero-order valence-electron chi connectivity index (χ0n) is 10.8. The first-order valence-electron chi connectivity index (χ1n) is 6.35. The van der Waals surface area contributed by atoms with Crippen LogP contribution in [0.1, 0.15) is 45.4 Å². The molecule has 2 aromatic rings. The van der Waals surface area contributed by atoms with Crippen molar-refractivity contribution in [1.29, 1.82) is 0 Å². The first-order chi connectivity index (χ1) is 8.20. The zero-order valence-corrected chi connectivity index (χ0v) is 10.8. The summed E-state index contributed by atoms with van der Waals surface area (Å²) in [5.41, 5.74) is 2.93. The molecule has 1 heterocycles. The summed E-state index contributed by atoms with van der Waals surface area (Å²) in [6, 6.07) is 6.09. The fraction of sp³-hybridized carbons (Fsp3) is 0.500. The number of hydrogen-bond acceptors (Lipinski definition) is 3. The maximum Gasteiger partial charge on any atom is 0.198 e. The smallest absolute Gasteiger partial charge is 0.198 e. The number of oxazole rings is 1.